The maximum absolute atomic E-state index is 13.3. The van der Waals surface area contributed by atoms with Crippen molar-refractivity contribution in [2.24, 2.45) is 5.92 Å². The Morgan fingerprint density at radius 3 is 2.75 bits per heavy atom. The number of piperidine rings is 1. The molecule has 0 spiro atoms. The molecule has 1 aromatic heterocycles. The van der Waals surface area contributed by atoms with Gasteiger partial charge in [-0.3, -0.25) is 9.48 Å². The van der Waals surface area contributed by atoms with Crippen LogP contribution < -0.4 is 5.32 Å². The molecule has 0 bridgehead atoms. The van der Waals surface area contributed by atoms with Gasteiger partial charge in [0.15, 0.2) is 5.69 Å². The quantitative estimate of drug-likeness (QED) is 0.892. The first kappa shape index (κ1) is 18.8. The van der Waals surface area contributed by atoms with E-state index in [1.165, 1.54) is 6.42 Å². The molecule has 0 aliphatic carbocycles. The standard InChI is InChI=1S/C16H25F3N4O/c1-11(2)23-14(16(17,18)19)13(9-21-23)15(24)20-6-8-22-7-4-5-12(3)10-22/h9,11-12H,4-8,10H2,1-3H3,(H,20,24). The molecule has 1 N–H and O–H groups in total. The van der Waals surface area contributed by atoms with Crippen LogP contribution in [0.2, 0.25) is 0 Å². The third-order valence-electron chi connectivity index (χ3n) is 4.25. The molecule has 1 saturated heterocycles. The van der Waals surface area contributed by atoms with Crippen LogP contribution in [0.5, 0.6) is 0 Å². The highest BCUT2D eigenvalue weighted by atomic mass is 19.4. The van der Waals surface area contributed by atoms with Crippen LogP contribution in [0.1, 0.15) is 55.7 Å². The Labute approximate surface area is 140 Å². The number of aromatic nitrogens is 2. The summed E-state index contributed by atoms with van der Waals surface area (Å²) in [5.74, 6) is -0.102. The summed E-state index contributed by atoms with van der Waals surface area (Å²) in [6.45, 7) is 8.29. The SMILES string of the molecule is CC1CCCN(CCNC(=O)c2cnn(C(C)C)c2C(F)(F)F)C1. The molecule has 1 unspecified atom stereocenters. The number of halogens is 3. The summed E-state index contributed by atoms with van der Waals surface area (Å²) in [5, 5.41) is 6.33. The van der Waals surface area contributed by atoms with Gasteiger partial charge in [0.05, 0.1) is 11.8 Å². The summed E-state index contributed by atoms with van der Waals surface area (Å²) in [7, 11) is 0. The van der Waals surface area contributed by atoms with Gasteiger partial charge in [0.1, 0.15) is 0 Å². The van der Waals surface area contributed by atoms with E-state index in [4.69, 9.17) is 0 Å². The number of carbonyl (C=O) groups is 1. The van der Waals surface area contributed by atoms with Crippen LogP contribution in [0.15, 0.2) is 6.20 Å². The molecule has 5 nitrogen and oxygen atoms in total. The second-order valence-corrected chi connectivity index (χ2v) is 6.75. The van der Waals surface area contributed by atoms with E-state index < -0.39 is 29.4 Å². The highest BCUT2D eigenvalue weighted by Gasteiger charge is 2.40. The summed E-state index contributed by atoms with van der Waals surface area (Å²) in [5.41, 5.74) is -1.40. The highest BCUT2D eigenvalue weighted by Crippen LogP contribution is 2.33. The minimum absolute atomic E-state index is 0.329. The molecular formula is C16H25F3N4O. The fourth-order valence-electron chi connectivity index (χ4n) is 3.12. The van der Waals surface area contributed by atoms with Crippen LogP contribution in [0.3, 0.4) is 0 Å². The highest BCUT2D eigenvalue weighted by molar-refractivity contribution is 5.95. The Bertz CT molecular complexity index is 568. The normalized spacial score (nSPS) is 19.7. The summed E-state index contributed by atoms with van der Waals surface area (Å²) >= 11 is 0. The topological polar surface area (TPSA) is 50.2 Å². The maximum atomic E-state index is 13.3. The molecule has 0 saturated carbocycles. The molecule has 1 atom stereocenters. The number of hydrogen-bond acceptors (Lipinski definition) is 3. The van der Waals surface area contributed by atoms with E-state index in [1.807, 2.05) is 0 Å². The van der Waals surface area contributed by atoms with Crippen LogP contribution in [-0.2, 0) is 6.18 Å². The number of nitrogens with one attached hydrogen (secondary N) is 1. The van der Waals surface area contributed by atoms with Crippen molar-refractivity contribution in [3.8, 4) is 0 Å². The number of rotatable bonds is 5. The van der Waals surface area contributed by atoms with Gasteiger partial charge in [-0.05, 0) is 39.2 Å². The molecule has 8 heteroatoms. The van der Waals surface area contributed by atoms with Gasteiger partial charge in [0, 0.05) is 25.7 Å². The summed E-state index contributed by atoms with van der Waals surface area (Å²) in [4.78, 5) is 14.4. The third-order valence-corrected chi connectivity index (χ3v) is 4.25. The lowest BCUT2D eigenvalue weighted by Crippen LogP contribution is -2.40. The predicted octanol–water partition coefficient (Wildman–Crippen LogP) is 2.94. The van der Waals surface area contributed by atoms with Gasteiger partial charge in [-0.15, -0.1) is 0 Å². The number of alkyl halides is 3. The summed E-state index contributed by atoms with van der Waals surface area (Å²) < 4.78 is 40.7. The van der Waals surface area contributed by atoms with Crippen LogP contribution >= 0.6 is 0 Å². The lowest BCUT2D eigenvalue weighted by Gasteiger charge is -2.30. The average molecular weight is 346 g/mol. The average Bonchev–Trinajstić information content (AvgIpc) is 2.92. The first-order valence-corrected chi connectivity index (χ1v) is 8.35. The van der Waals surface area contributed by atoms with E-state index in [2.05, 4.69) is 22.2 Å². The van der Waals surface area contributed by atoms with Crippen LogP contribution in [0, 0.1) is 5.92 Å². The van der Waals surface area contributed by atoms with Crippen molar-refractivity contribution >= 4 is 5.91 Å². The van der Waals surface area contributed by atoms with Gasteiger partial charge in [0.2, 0.25) is 0 Å². The molecular weight excluding hydrogens is 321 g/mol. The predicted molar refractivity (Wildman–Crippen MR) is 84.8 cm³/mol. The molecule has 2 heterocycles. The molecule has 0 radical (unpaired) electrons. The summed E-state index contributed by atoms with van der Waals surface area (Å²) in [6, 6.07) is -0.474. The summed E-state index contributed by atoms with van der Waals surface area (Å²) in [6.07, 6.45) is -1.29. The van der Waals surface area contributed by atoms with Crippen molar-refractivity contribution in [1.82, 2.24) is 20.0 Å². The molecule has 136 valence electrons. The van der Waals surface area contributed by atoms with E-state index in [9.17, 15) is 18.0 Å². The van der Waals surface area contributed by atoms with Crippen molar-refractivity contribution in [2.75, 3.05) is 26.2 Å². The van der Waals surface area contributed by atoms with Crippen LogP contribution in [0.4, 0.5) is 13.2 Å². The van der Waals surface area contributed by atoms with Gasteiger partial charge in [0.25, 0.3) is 5.91 Å². The zero-order valence-corrected chi connectivity index (χ0v) is 14.4. The van der Waals surface area contributed by atoms with E-state index in [-0.39, 0.29) is 0 Å². The van der Waals surface area contributed by atoms with Gasteiger partial charge in [-0.2, -0.15) is 18.3 Å². The second-order valence-electron chi connectivity index (χ2n) is 6.75. The van der Waals surface area contributed by atoms with E-state index in [0.717, 1.165) is 30.4 Å². The Kier molecular flexibility index (Phi) is 5.90. The smallest absolute Gasteiger partial charge is 0.351 e. The van der Waals surface area contributed by atoms with Crippen molar-refractivity contribution < 1.29 is 18.0 Å². The molecule has 1 aliphatic heterocycles. The minimum Gasteiger partial charge on any atom is -0.351 e. The minimum atomic E-state index is -4.62. The molecule has 1 aliphatic rings. The zero-order valence-electron chi connectivity index (χ0n) is 14.4. The molecule has 1 aromatic rings. The van der Waals surface area contributed by atoms with Gasteiger partial charge in [-0.1, -0.05) is 6.92 Å². The van der Waals surface area contributed by atoms with E-state index >= 15 is 0 Å². The van der Waals surface area contributed by atoms with Crippen molar-refractivity contribution in [3.05, 3.63) is 17.5 Å². The second kappa shape index (κ2) is 7.55. The number of nitrogens with zero attached hydrogens (tertiary/aromatic N) is 3. The molecule has 1 amide bonds. The number of likely N-dealkylation sites (tertiary alicyclic amines) is 1. The zero-order chi connectivity index (χ0) is 17.9. The number of hydrogen-bond donors (Lipinski definition) is 1. The van der Waals surface area contributed by atoms with Crippen molar-refractivity contribution in [3.63, 3.8) is 0 Å². The largest absolute Gasteiger partial charge is 0.433 e. The van der Waals surface area contributed by atoms with Gasteiger partial charge >= 0.3 is 6.18 Å². The molecule has 24 heavy (non-hydrogen) atoms. The Morgan fingerprint density at radius 1 is 1.46 bits per heavy atom. The Balaban J connectivity index is 1.99. The first-order valence-electron chi connectivity index (χ1n) is 8.35. The van der Waals surface area contributed by atoms with E-state index in [1.54, 1.807) is 13.8 Å². The number of amides is 1. The molecule has 2 rings (SSSR count). The molecule has 1 fully saturated rings. The van der Waals surface area contributed by atoms with Crippen molar-refractivity contribution in [1.29, 1.82) is 0 Å². The molecule has 0 aromatic carbocycles. The Hall–Kier alpha value is -1.57. The van der Waals surface area contributed by atoms with E-state index in [0.29, 0.717) is 19.0 Å². The maximum Gasteiger partial charge on any atom is 0.433 e. The number of carbonyl (C=O) groups excluding carboxylic acids is 1. The van der Waals surface area contributed by atoms with Crippen LogP contribution in [0.25, 0.3) is 0 Å². The van der Waals surface area contributed by atoms with Crippen LogP contribution in [-0.4, -0.2) is 46.8 Å². The first-order chi connectivity index (χ1) is 11.2. The van der Waals surface area contributed by atoms with Gasteiger partial charge in [-0.25, -0.2) is 0 Å². The lowest BCUT2D eigenvalue weighted by atomic mass is 10.0. The fraction of sp³-hybridized carbons (Fsp3) is 0.750. The monoisotopic (exact) mass is 346 g/mol. The Morgan fingerprint density at radius 2 is 2.17 bits per heavy atom. The fourth-order valence-corrected chi connectivity index (χ4v) is 3.12. The van der Waals surface area contributed by atoms with Gasteiger partial charge < -0.3 is 10.2 Å². The van der Waals surface area contributed by atoms with Crippen molar-refractivity contribution in [2.45, 2.75) is 45.8 Å². The third kappa shape index (κ3) is 4.49. The lowest BCUT2D eigenvalue weighted by molar-refractivity contribution is -0.145.